The van der Waals surface area contributed by atoms with Crippen molar-refractivity contribution in [2.24, 2.45) is 0 Å². The van der Waals surface area contributed by atoms with Gasteiger partial charge in [0.15, 0.2) is 0 Å². The van der Waals surface area contributed by atoms with Gasteiger partial charge >= 0.3 is 0 Å². The Hall–Kier alpha value is -0.870. The molecule has 0 aliphatic carbocycles. The molecule has 0 aromatic heterocycles. The lowest BCUT2D eigenvalue weighted by Gasteiger charge is -2.20. The van der Waals surface area contributed by atoms with E-state index in [9.17, 15) is 15.0 Å². The topological polar surface area (TPSA) is 69.6 Å². The van der Waals surface area contributed by atoms with E-state index in [0.717, 1.165) is 38.2 Å². The third-order valence-corrected chi connectivity index (χ3v) is 5.16. The lowest BCUT2D eigenvalue weighted by molar-refractivity contribution is -0.123. The second kappa shape index (κ2) is 30.7. The minimum atomic E-state index is -5.17. The number of aliphatic hydroxyl groups excluding tert-OH is 2. The van der Waals surface area contributed by atoms with Gasteiger partial charge in [0.25, 0.3) is 0 Å². The SMILES string of the molecule is [2H]C([2H])([2H])C([2H])([2H])C([2H])([2H])C([2H])([2H])C([2H])([2H])C([2H])([2H])C([2H])([2H])C([2H])([2H])C([2H])([2H])C([2H])([2H])C([2H])([2H])C([2H])([2H])C([2H])([2H])C([2H])([2H])C([2H])([2H])C(=O)N[C@@H](CO)[C@H](O)/C=C/CCCCCCCCCCCCC. The van der Waals surface area contributed by atoms with Gasteiger partial charge in [-0.2, -0.15) is 0 Å². The first kappa shape index (κ1) is 10.8. The number of amides is 1. The fourth-order valence-electron chi connectivity index (χ4n) is 3.17. The molecule has 0 spiro atoms. The van der Waals surface area contributed by atoms with Crippen LogP contribution in [0, 0.1) is 0 Å². The number of aliphatic hydroxyl groups is 2. The van der Waals surface area contributed by atoms with Gasteiger partial charge in [-0.25, -0.2) is 0 Å². The van der Waals surface area contributed by atoms with Gasteiger partial charge in [0.05, 0.1) is 18.8 Å². The van der Waals surface area contributed by atoms with Gasteiger partial charge in [0, 0.05) is 48.9 Å². The van der Waals surface area contributed by atoms with Crippen molar-refractivity contribution >= 4 is 5.91 Å². The molecular formula is C34H67NO3. The highest BCUT2D eigenvalue weighted by Gasteiger charge is 2.17. The molecule has 4 heteroatoms. The zero-order valence-corrected chi connectivity index (χ0v) is 22.3. The summed E-state index contributed by atoms with van der Waals surface area (Å²) in [4.78, 5) is 13.3. The zero-order valence-electron chi connectivity index (χ0n) is 53.3. The highest BCUT2D eigenvalue weighted by molar-refractivity contribution is 5.76. The molecule has 0 saturated heterocycles. The first-order valence-corrected chi connectivity index (χ1v) is 13.1. The van der Waals surface area contributed by atoms with Crippen LogP contribution in [0.15, 0.2) is 12.2 Å². The molecule has 0 rings (SSSR count). The van der Waals surface area contributed by atoms with Crippen molar-refractivity contribution in [3.8, 4) is 0 Å². The summed E-state index contributed by atoms with van der Waals surface area (Å²) in [6, 6.07) is -1.81. The van der Waals surface area contributed by atoms with E-state index in [1.165, 1.54) is 38.2 Å². The fraction of sp³-hybridized carbons (Fsp3) is 0.912. The van der Waals surface area contributed by atoms with Crippen LogP contribution < -0.4 is 5.32 Å². The van der Waals surface area contributed by atoms with Crippen LogP contribution in [0.1, 0.15) is 223 Å². The van der Waals surface area contributed by atoms with Crippen LogP contribution >= 0.6 is 0 Å². The van der Waals surface area contributed by atoms with Crippen molar-refractivity contribution in [3.63, 3.8) is 0 Å². The van der Waals surface area contributed by atoms with Crippen molar-refractivity contribution in [1.82, 2.24) is 5.32 Å². The lowest BCUT2D eigenvalue weighted by atomic mass is 10.0. The largest absolute Gasteiger partial charge is 0.394 e. The van der Waals surface area contributed by atoms with E-state index in [0.29, 0.717) is 12.8 Å². The number of nitrogens with one attached hydrogen (secondary N) is 1. The second-order valence-electron chi connectivity index (χ2n) is 8.26. The minimum Gasteiger partial charge on any atom is -0.394 e. The summed E-state index contributed by atoms with van der Waals surface area (Å²) < 4.78 is 252. The van der Waals surface area contributed by atoms with E-state index in [2.05, 4.69) is 6.92 Å². The molecule has 2 atom stereocenters. The Morgan fingerprint density at radius 1 is 0.763 bits per heavy atom. The summed E-state index contributed by atoms with van der Waals surface area (Å²) in [5.74, 6) is -2.18. The number of rotatable bonds is 30. The molecule has 4 nitrogen and oxygen atoms in total. The van der Waals surface area contributed by atoms with E-state index in [1.54, 1.807) is 5.32 Å². The predicted molar refractivity (Wildman–Crippen MR) is 166 cm³/mol. The summed E-state index contributed by atoms with van der Waals surface area (Å²) in [5.41, 5.74) is 0. The molecule has 0 aromatic rings. The molecule has 0 aliphatic heterocycles. The van der Waals surface area contributed by atoms with Crippen LogP contribution in [0.5, 0.6) is 0 Å². The van der Waals surface area contributed by atoms with Gasteiger partial charge in [-0.05, 0) is 19.2 Å². The third kappa shape index (κ3) is 26.7. The van der Waals surface area contributed by atoms with Crippen molar-refractivity contribution in [2.45, 2.75) is 192 Å². The molecule has 38 heavy (non-hydrogen) atoms. The highest BCUT2D eigenvalue weighted by atomic mass is 16.3. The van der Waals surface area contributed by atoms with E-state index in [1.807, 2.05) is 0 Å². The van der Waals surface area contributed by atoms with Crippen molar-refractivity contribution in [1.29, 1.82) is 0 Å². The minimum absolute atomic E-state index is 0.435. The maximum absolute atomic E-state index is 13.3. The maximum atomic E-state index is 13.3. The summed E-state index contributed by atoms with van der Waals surface area (Å²) in [5, 5.41) is 22.2. The highest BCUT2D eigenvalue weighted by Crippen LogP contribution is 2.14. The number of hydrogen-bond acceptors (Lipinski definition) is 3. The first-order valence-electron chi connectivity index (χ1n) is 28.6. The average molecular weight is 569 g/mol. The number of carbonyl (C=O) groups excluding carboxylic acids is 1. The Labute approximate surface area is 281 Å². The molecule has 0 fully saturated rings. The summed E-state index contributed by atoms with van der Waals surface area (Å²) in [6.07, 6.45) is -55.7. The smallest absolute Gasteiger partial charge is 0.220 e. The quantitative estimate of drug-likeness (QED) is 0.0596. The summed E-state index contributed by atoms with van der Waals surface area (Å²) in [7, 11) is 0. The van der Waals surface area contributed by atoms with Gasteiger partial charge < -0.3 is 15.5 Å². The van der Waals surface area contributed by atoms with Crippen LogP contribution in [0.3, 0.4) is 0 Å². The molecule has 0 saturated carbocycles. The standard InChI is InChI=1S/C34H67NO3/c1-3-5-7-9-11-13-15-17-19-21-23-25-27-29-33(37)32(31-36)35-34(38)30-28-26-24-22-20-18-16-14-12-10-8-6-4-2/h27,29,32-33,36-37H,3-26,28,30-31H2,1-2H3,(H,35,38)/b29-27+/t32-,33+/m0/s1/i2D3,4D2,6D2,8D2,10D2,12D2,14D2,16D2,18D2,20D2,22D2,24D2,26D2,28D2,30D2. The van der Waals surface area contributed by atoms with Gasteiger partial charge in [0.1, 0.15) is 0 Å². The van der Waals surface area contributed by atoms with Gasteiger partial charge in [0.2, 0.25) is 5.91 Å². The number of unbranched alkanes of at least 4 members (excludes halogenated alkanes) is 11. The zero-order chi connectivity index (χ0) is 55.5. The third-order valence-electron chi connectivity index (χ3n) is 5.16. The van der Waals surface area contributed by atoms with Gasteiger partial charge in [-0.3, -0.25) is 4.79 Å². The number of hydrogen-bond donors (Lipinski definition) is 3. The molecule has 1 amide bonds. The number of carbonyl (C=O) groups is 1. The normalized spacial score (nSPS) is 31.0. The molecular weight excluding hydrogens is 470 g/mol. The Balaban J connectivity index is 6.76. The number of allylic oxidation sites excluding steroid dienone is 1. The van der Waals surface area contributed by atoms with Gasteiger partial charge in [-0.1, -0.05) is 167 Å². The molecule has 0 aliphatic rings. The molecule has 0 radical (unpaired) electrons. The van der Waals surface area contributed by atoms with Crippen LogP contribution in [0.25, 0.3) is 0 Å². The fourth-order valence-corrected chi connectivity index (χ4v) is 3.17. The summed E-state index contributed by atoms with van der Waals surface area (Å²) >= 11 is 0. The predicted octanol–water partition coefficient (Wildman–Crippen LogP) is 9.56. The van der Waals surface area contributed by atoms with E-state index < -0.39 is 121 Å². The Morgan fingerprint density at radius 3 is 1.74 bits per heavy atom. The summed E-state index contributed by atoms with van der Waals surface area (Å²) in [6.45, 7) is -3.12. The van der Waals surface area contributed by atoms with Crippen LogP contribution in [0.4, 0.5) is 0 Å². The van der Waals surface area contributed by atoms with Crippen molar-refractivity contribution in [3.05, 3.63) is 12.2 Å². The molecule has 0 bridgehead atoms. The van der Waals surface area contributed by atoms with Crippen molar-refractivity contribution in [2.75, 3.05) is 6.61 Å². The molecule has 0 heterocycles. The van der Waals surface area contributed by atoms with Gasteiger partial charge in [-0.15, -0.1) is 0 Å². The molecule has 3 N–H and O–H groups in total. The van der Waals surface area contributed by atoms with Crippen LogP contribution in [-0.2, 0) is 4.79 Å². The Bertz CT molecular complexity index is 1690. The average Bonchev–Trinajstić information content (AvgIpc) is 3.19. The molecule has 0 aromatic carbocycles. The van der Waals surface area contributed by atoms with E-state index in [-0.39, 0.29) is 0 Å². The van der Waals surface area contributed by atoms with Crippen molar-refractivity contribution < 1.29 is 57.5 Å². The second-order valence-corrected chi connectivity index (χ2v) is 8.26. The monoisotopic (exact) mass is 569 g/mol. The Kier molecular flexibility index (Phi) is 8.68. The Morgan fingerprint density at radius 2 is 1.24 bits per heavy atom. The molecule has 0 unspecified atom stereocenters. The first-order chi connectivity index (χ1) is 30.3. The lowest BCUT2D eigenvalue weighted by Crippen LogP contribution is -2.45. The van der Waals surface area contributed by atoms with E-state index in [4.69, 9.17) is 42.5 Å². The van der Waals surface area contributed by atoms with Crippen LogP contribution in [-0.4, -0.2) is 34.9 Å². The van der Waals surface area contributed by atoms with E-state index >= 15 is 0 Å². The maximum Gasteiger partial charge on any atom is 0.220 e. The molecule has 226 valence electrons. The van der Waals surface area contributed by atoms with Crippen LogP contribution in [0.2, 0.25) is 0 Å².